The van der Waals surface area contributed by atoms with Crippen LogP contribution in [0.2, 0.25) is 0 Å². The van der Waals surface area contributed by atoms with Crippen LogP contribution in [0.25, 0.3) is 0 Å². The zero-order valence-corrected chi connectivity index (χ0v) is 6.99. The fraction of sp³-hybridized carbons (Fsp3) is 0.167. The van der Waals surface area contributed by atoms with E-state index < -0.39 is 11.7 Å². The third-order valence-corrected chi connectivity index (χ3v) is 1.38. The highest BCUT2D eigenvalue weighted by molar-refractivity contribution is 7.80. The molecule has 1 aromatic rings. The van der Waals surface area contributed by atoms with E-state index in [0.717, 1.165) is 0 Å². The highest BCUT2D eigenvalue weighted by Gasteiger charge is 2.31. The number of hydrogen-bond donors (Lipinski definition) is 1. The predicted molar refractivity (Wildman–Crippen MR) is 42.9 cm³/mol. The molecule has 0 aliphatic rings. The van der Waals surface area contributed by atoms with Crippen molar-refractivity contribution in [2.75, 3.05) is 0 Å². The molecule has 0 aromatic carbocycles. The van der Waals surface area contributed by atoms with Gasteiger partial charge in [-0.05, 0) is 0 Å². The van der Waals surface area contributed by atoms with Crippen LogP contribution in [0, 0.1) is 0 Å². The summed E-state index contributed by atoms with van der Waals surface area (Å²) in [6, 6.07) is 0. The first-order valence-electron chi connectivity index (χ1n) is 3.10. The monoisotopic (exact) mass is 207 g/mol. The summed E-state index contributed by atoms with van der Waals surface area (Å²) in [6.07, 6.45) is -3.16. The van der Waals surface area contributed by atoms with Gasteiger partial charge in [-0.15, -0.1) is 0 Å². The van der Waals surface area contributed by atoms with Gasteiger partial charge < -0.3 is 5.73 Å². The maximum atomic E-state index is 12.0. The largest absolute Gasteiger partial charge is 0.419 e. The van der Waals surface area contributed by atoms with E-state index in [1.807, 2.05) is 0 Å². The molecule has 0 fully saturated rings. The van der Waals surface area contributed by atoms with Gasteiger partial charge >= 0.3 is 6.18 Å². The van der Waals surface area contributed by atoms with Crippen molar-refractivity contribution in [3.05, 3.63) is 23.8 Å². The summed E-state index contributed by atoms with van der Waals surface area (Å²) in [7, 11) is 0. The molecule has 0 bridgehead atoms. The summed E-state index contributed by atoms with van der Waals surface area (Å²) in [5.74, 6) is -0.0667. The molecule has 0 amide bonds. The van der Waals surface area contributed by atoms with Crippen LogP contribution in [0.5, 0.6) is 0 Å². The molecule has 1 rings (SSSR count). The van der Waals surface area contributed by atoms with Crippen LogP contribution >= 0.6 is 12.2 Å². The third-order valence-electron chi connectivity index (χ3n) is 1.20. The van der Waals surface area contributed by atoms with Crippen molar-refractivity contribution < 1.29 is 13.2 Å². The molecule has 0 aliphatic heterocycles. The quantitative estimate of drug-likeness (QED) is 0.701. The lowest BCUT2D eigenvalue weighted by Gasteiger charge is -2.04. The van der Waals surface area contributed by atoms with Crippen LogP contribution < -0.4 is 5.73 Å². The average Bonchev–Trinajstić information content (AvgIpc) is 2.03. The topological polar surface area (TPSA) is 51.8 Å². The smallest absolute Gasteiger partial charge is 0.387 e. The Bertz CT molecular complexity index is 319. The molecule has 2 N–H and O–H groups in total. The van der Waals surface area contributed by atoms with E-state index in [2.05, 4.69) is 22.2 Å². The lowest BCUT2D eigenvalue weighted by atomic mass is 10.3. The number of nitrogens with zero attached hydrogens (tertiary/aromatic N) is 2. The number of nitrogens with two attached hydrogens (primary N) is 1. The molecule has 3 nitrogen and oxygen atoms in total. The van der Waals surface area contributed by atoms with Crippen molar-refractivity contribution in [3.8, 4) is 0 Å². The van der Waals surface area contributed by atoms with Gasteiger partial charge in [0, 0.05) is 12.4 Å². The van der Waals surface area contributed by atoms with Crippen molar-refractivity contribution >= 4 is 17.2 Å². The van der Waals surface area contributed by atoms with E-state index in [1.165, 1.54) is 0 Å². The first-order chi connectivity index (χ1) is 5.91. The SMILES string of the molecule is NC(=S)c1ncc(C(F)(F)F)cn1. The second kappa shape index (κ2) is 3.25. The molecule has 1 heterocycles. The van der Waals surface area contributed by atoms with Crippen molar-refractivity contribution in [1.29, 1.82) is 0 Å². The molecule has 0 spiro atoms. The van der Waals surface area contributed by atoms with E-state index in [9.17, 15) is 13.2 Å². The number of hydrogen-bond acceptors (Lipinski definition) is 3. The molecule has 13 heavy (non-hydrogen) atoms. The Balaban J connectivity index is 3.01. The second-order valence-corrected chi connectivity index (χ2v) is 2.60. The summed E-state index contributed by atoms with van der Waals surface area (Å²) in [5.41, 5.74) is 4.17. The van der Waals surface area contributed by atoms with E-state index in [4.69, 9.17) is 5.73 Å². The normalized spacial score (nSPS) is 11.3. The van der Waals surface area contributed by atoms with Crippen molar-refractivity contribution in [1.82, 2.24) is 9.97 Å². The molecule has 0 saturated carbocycles. The highest BCUT2D eigenvalue weighted by Crippen LogP contribution is 2.27. The van der Waals surface area contributed by atoms with E-state index >= 15 is 0 Å². The number of aromatic nitrogens is 2. The molecule has 7 heteroatoms. The first-order valence-corrected chi connectivity index (χ1v) is 3.51. The van der Waals surface area contributed by atoms with Crippen LogP contribution in [-0.2, 0) is 6.18 Å². The summed E-state index contributed by atoms with van der Waals surface area (Å²) >= 11 is 4.47. The number of rotatable bonds is 1. The van der Waals surface area contributed by atoms with Gasteiger partial charge in [-0.2, -0.15) is 13.2 Å². The first kappa shape index (κ1) is 9.85. The molecule has 70 valence electrons. The van der Waals surface area contributed by atoms with E-state index in [1.54, 1.807) is 0 Å². The molecular weight excluding hydrogens is 203 g/mol. The van der Waals surface area contributed by atoms with Crippen LogP contribution in [0.1, 0.15) is 11.4 Å². The molecular formula is C6H4F3N3S. The Morgan fingerprint density at radius 1 is 1.31 bits per heavy atom. The van der Waals surface area contributed by atoms with Gasteiger partial charge in [-0.3, -0.25) is 0 Å². The Hall–Kier alpha value is -1.24. The molecule has 1 aromatic heterocycles. The van der Waals surface area contributed by atoms with Crippen molar-refractivity contribution in [2.24, 2.45) is 5.73 Å². The lowest BCUT2D eigenvalue weighted by Crippen LogP contribution is -2.15. The van der Waals surface area contributed by atoms with Gasteiger partial charge in [0.05, 0.1) is 5.56 Å². The van der Waals surface area contributed by atoms with Gasteiger partial charge in [0.15, 0.2) is 5.82 Å². The fourth-order valence-corrected chi connectivity index (χ4v) is 0.707. The maximum Gasteiger partial charge on any atom is 0.419 e. The Morgan fingerprint density at radius 3 is 2.08 bits per heavy atom. The van der Waals surface area contributed by atoms with E-state index in [-0.39, 0.29) is 10.8 Å². The highest BCUT2D eigenvalue weighted by atomic mass is 32.1. The third kappa shape index (κ3) is 2.35. The van der Waals surface area contributed by atoms with Crippen LogP contribution in [0.4, 0.5) is 13.2 Å². The summed E-state index contributed by atoms with van der Waals surface area (Å²) < 4.78 is 35.9. The Morgan fingerprint density at radius 2 is 1.77 bits per heavy atom. The molecule has 0 atom stereocenters. The van der Waals surface area contributed by atoms with Gasteiger partial charge in [0.1, 0.15) is 4.99 Å². The number of thiocarbonyl (C=S) groups is 1. The standard InChI is InChI=1S/C6H4F3N3S/c7-6(8,9)3-1-11-5(4(10)13)12-2-3/h1-2H,(H2,10,13). The Kier molecular flexibility index (Phi) is 2.46. The molecule has 0 saturated heterocycles. The van der Waals surface area contributed by atoms with Crippen LogP contribution in [0.15, 0.2) is 12.4 Å². The van der Waals surface area contributed by atoms with Crippen molar-refractivity contribution in [3.63, 3.8) is 0 Å². The molecule has 0 unspecified atom stereocenters. The summed E-state index contributed by atoms with van der Waals surface area (Å²) in [6.45, 7) is 0. The Labute approximate surface area is 76.8 Å². The minimum atomic E-state index is -4.44. The van der Waals surface area contributed by atoms with Gasteiger partial charge in [0.2, 0.25) is 0 Å². The maximum absolute atomic E-state index is 12.0. The minimum Gasteiger partial charge on any atom is -0.387 e. The van der Waals surface area contributed by atoms with E-state index in [0.29, 0.717) is 12.4 Å². The number of alkyl halides is 3. The summed E-state index contributed by atoms with van der Waals surface area (Å²) in [5, 5.41) is 0. The van der Waals surface area contributed by atoms with Gasteiger partial charge in [-0.1, -0.05) is 12.2 Å². The second-order valence-electron chi connectivity index (χ2n) is 2.16. The molecule has 0 aliphatic carbocycles. The fourth-order valence-electron chi connectivity index (χ4n) is 0.602. The lowest BCUT2D eigenvalue weighted by molar-refractivity contribution is -0.138. The summed E-state index contributed by atoms with van der Waals surface area (Å²) in [4.78, 5) is 6.56. The zero-order valence-electron chi connectivity index (χ0n) is 6.17. The van der Waals surface area contributed by atoms with Crippen molar-refractivity contribution in [2.45, 2.75) is 6.18 Å². The number of halogens is 3. The molecule has 0 radical (unpaired) electrons. The van der Waals surface area contributed by atoms with Gasteiger partial charge in [-0.25, -0.2) is 9.97 Å². The van der Waals surface area contributed by atoms with Crippen LogP contribution in [-0.4, -0.2) is 15.0 Å². The minimum absolute atomic E-state index is 0.0667. The van der Waals surface area contributed by atoms with Crippen LogP contribution in [0.3, 0.4) is 0 Å². The zero-order chi connectivity index (χ0) is 10.1. The van der Waals surface area contributed by atoms with Gasteiger partial charge in [0.25, 0.3) is 0 Å². The average molecular weight is 207 g/mol. The predicted octanol–water partition coefficient (Wildman–Crippen LogP) is 1.13.